The molecule has 0 amide bonds. The van der Waals surface area contributed by atoms with Gasteiger partial charge in [-0.3, -0.25) is 0 Å². The number of rotatable bonds is 5. The summed E-state index contributed by atoms with van der Waals surface area (Å²) in [6.07, 6.45) is 3.37. The molecule has 0 spiro atoms. The minimum Gasteiger partial charge on any atom is -0.331 e. The van der Waals surface area contributed by atoms with E-state index in [2.05, 4.69) is 14.9 Å². The molecule has 1 aliphatic rings. The largest absolute Gasteiger partial charge is 0.393 e. The van der Waals surface area contributed by atoms with Crippen LogP contribution in [0.1, 0.15) is 31.2 Å². The number of halogens is 3. The quantitative estimate of drug-likeness (QED) is 0.887. The molecule has 1 saturated heterocycles. The topological polar surface area (TPSA) is 29.9 Å². The van der Waals surface area contributed by atoms with E-state index in [-0.39, 0.29) is 5.56 Å². The van der Waals surface area contributed by atoms with Crippen molar-refractivity contribution in [1.82, 2.24) is 14.9 Å². The maximum Gasteiger partial charge on any atom is 0.393 e. The van der Waals surface area contributed by atoms with E-state index >= 15 is 0 Å². The number of nitrogens with one attached hydrogen (secondary N) is 1. The summed E-state index contributed by atoms with van der Waals surface area (Å²) in [6.45, 7) is 1.94. The summed E-state index contributed by atoms with van der Waals surface area (Å²) < 4.78 is 39.4. The molecule has 130 valence electrons. The second kappa shape index (κ2) is 7.38. The highest BCUT2D eigenvalue weighted by Gasteiger charge is 2.27. The fourth-order valence-electron chi connectivity index (χ4n) is 3.22. The first-order chi connectivity index (χ1) is 11.5. The summed E-state index contributed by atoms with van der Waals surface area (Å²) in [4.78, 5) is 4.37. The maximum atomic E-state index is 12.4. The van der Waals surface area contributed by atoms with Gasteiger partial charge in [0.15, 0.2) is 0 Å². The van der Waals surface area contributed by atoms with Crippen LogP contribution in [0.25, 0.3) is 11.4 Å². The van der Waals surface area contributed by atoms with Gasteiger partial charge in [0.05, 0.1) is 6.42 Å². The van der Waals surface area contributed by atoms with Crippen LogP contribution in [0.5, 0.6) is 0 Å². The lowest BCUT2D eigenvalue weighted by Gasteiger charge is -2.23. The first kappa shape index (κ1) is 17.0. The van der Waals surface area contributed by atoms with Gasteiger partial charge in [-0.05, 0) is 31.4 Å². The highest BCUT2D eigenvalue weighted by atomic mass is 19.4. The van der Waals surface area contributed by atoms with E-state index in [9.17, 15) is 13.2 Å². The minimum atomic E-state index is -4.17. The number of alkyl halides is 3. The van der Waals surface area contributed by atoms with Gasteiger partial charge in [0.25, 0.3) is 0 Å². The molecule has 0 radical (unpaired) electrons. The average Bonchev–Trinajstić information content (AvgIpc) is 3.02. The molecule has 2 heterocycles. The minimum absolute atomic E-state index is 0.274. The van der Waals surface area contributed by atoms with Crippen molar-refractivity contribution in [2.75, 3.05) is 6.54 Å². The van der Waals surface area contributed by atoms with Gasteiger partial charge < -0.3 is 9.88 Å². The third kappa shape index (κ3) is 4.60. The summed E-state index contributed by atoms with van der Waals surface area (Å²) in [5.74, 6) is 0.810. The predicted octanol–water partition coefficient (Wildman–Crippen LogP) is 4.19. The number of benzene rings is 1. The van der Waals surface area contributed by atoms with Gasteiger partial charge in [0.1, 0.15) is 5.82 Å². The first-order valence-electron chi connectivity index (χ1n) is 8.42. The molecule has 24 heavy (non-hydrogen) atoms. The van der Waals surface area contributed by atoms with Crippen molar-refractivity contribution in [1.29, 1.82) is 0 Å². The van der Waals surface area contributed by atoms with E-state index in [0.29, 0.717) is 6.04 Å². The van der Waals surface area contributed by atoms with Gasteiger partial charge in [-0.25, -0.2) is 4.98 Å². The predicted molar refractivity (Wildman–Crippen MR) is 87.7 cm³/mol. The molecule has 0 bridgehead atoms. The molecule has 3 rings (SSSR count). The zero-order valence-corrected chi connectivity index (χ0v) is 13.5. The molecule has 1 atom stereocenters. The van der Waals surface area contributed by atoms with E-state index < -0.39 is 12.6 Å². The van der Waals surface area contributed by atoms with Crippen molar-refractivity contribution in [2.45, 2.75) is 50.9 Å². The summed E-state index contributed by atoms with van der Waals surface area (Å²) in [6, 6.07) is 7.05. The Morgan fingerprint density at radius 1 is 1.17 bits per heavy atom. The smallest absolute Gasteiger partial charge is 0.331 e. The zero-order valence-electron chi connectivity index (χ0n) is 13.5. The van der Waals surface area contributed by atoms with Crippen LogP contribution < -0.4 is 5.32 Å². The van der Waals surface area contributed by atoms with Crippen LogP contribution in [0.15, 0.2) is 36.7 Å². The molecule has 1 aromatic heterocycles. The van der Waals surface area contributed by atoms with E-state index in [1.165, 1.54) is 31.4 Å². The normalized spacial score (nSPS) is 18.7. The molecular formula is C18H22F3N3. The van der Waals surface area contributed by atoms with Crippen LogP contribution in [0.4, 0.5) is 13.2 Å². The van der Waals surface area contributed by atoms with Gasteiger partial charge in [0, 0.05) is 30.5 Å². The Kier molecular flexibility index (Phi) is 5.23. The monoisotopic (exact) mass is 337 g/mol. The number of imidazole rings is 1. The highest BCUT2D eigenvalue weighted by molar-refractivity contribution is 5.56. The third-order valence-corrected chi connectivity index (χ3v) is 4.46. The Morgan fingerprint density at radius 3 is 2.62 bits per heavy atom. The van der Waals surface area contributed by atoms with E-state index in [4.69, 9.17) is 0 Å². The van der Waals surface area contributed by atoms with Gasteiger partial charge in [-0.2, -0.15) is 13.2 Å². The number of hydrogen-bond acceptors (Lipinski definition) is 2. The number of piperidine rings is 1. The Hall–Kier alpha value is -1.82. The van der Waals surface area contributed by atoms with Crippen LogP contribution in [-0.2, 0) is 13.0 Å². The molecule has 1 unspecified atom stereocenters. The van der Waals surface area contributed by atoms with Crippen LogP contribution in [-0.4, -0.2) is 28.3 Å². The SMILES string of the molecule is FC(F)(F)Cc1ccc(-c2nccn2CCC2CCCCN2)cc1. The van der Waals surface area contributed by atoms with Crippen molar-refractivity contribution in [3.05, 3.63) is 42.2 Å². The maximum absolute atomic E-state index is 12.4. The third-order valence-electron chi connectivity index (χ3n) is 4.46. The van der Waals surface area contributed by atoms with Gasteiger partial charge >= 0.3 is 6.18 Å². The van der Waals surface area contributed by atoms with E-state index in [1.54, 1.807) is 18.3 Å². The van der Waals surface area contributed by atoms with Crippen molar-refractivity contribution in [2.24, 2.45) is 0 Å². The molecule has 1 aromatic carbocycles. The fraction of sp³-hybridized carbons (Fsp3) is 0.500. The lowest BCUT2D eigenvalue weighted by Crippen LogP contribution is -2.34. The molecule has 1 aliphatic heterocycles. The summed E-state index contributed by atoms with van der Waals surface area (Å²) in [5.41, 5.74) is 1.12. The van der Waals surface area contributed by atoms with Gasteiger partial charge in [-0.15, -0.1) is 0 Å². The zero-order chi connectivity index (χ0) is 17.0. The van der Waals surface area contributed by atoms with Crippen LogP contribution in [0.2, 0.25) is 0 Å². The number of aryl methyl sites for hydroxylation is 1. The van der Waals surface area contributed by atoms with Gasteiger partial charge in [0.2, 0.25) is 0 Å². The molecule has 0 aliphatic carbocycles. The Labute approximate surface area is 139 Å². The summed E-state index contributed by atoms with van der Waals surface area (Å²) in [7, 11) is 0. The van der Waals surface area contributed by atoms with Crippen molar-refractivity contribution in [3.8, 4) is 11.4 Å². The Bertz CT molecular complexity index is 640. The standard InChI is InChI=1S/C18H22F3N3/c19-18(20,21)13-14-4-6-15(7-5-14)17-23-10-12-24(17)11-8-16-3-1-2-9-22-16/h4-7,10,12,16,22H,1-3,8-9,11,13H2. The Balaban J connectivity index is 1.65. The average molecular weight is 337 g/mol. The molecule has 1 N–H and O–H groups in total. The van der Waals surface area contributed by atoms with Crippen LogP contribution in [0.3, 0.4) is 0 Å². The van der Waals surface area contributed by atoms with Gasteiger partial charge in [-0.1, -0.05) is 30.7 Å². The first-order valence-corrected chi connectivity index (χ1v) is 8.42. The Morgan fingerprint density at radius 2 is 1.96 bits per heavy atom. The second-order valence-electron chi connectivity index (χ2n) is 6.37. The molecule has 1 fully saturated rings. The lowest BCUT2D eigenvalue weighted by atomic mass is 10.0. The van der Waals surface area contributed by atoms with Crippen LogP contribution >= 0.6 is 0 Å². The number of nitrogens with zero attached hydrogens (tertiary/aromatic N) is 2. The number of hydrogen-bond donors (Lipinski definition) is 1. The van der Waals surface area contributed by atoms with Crippen molar-refractivity contribution in [3.63, 3.8) is 0 Å². The highest BCUT2D eigenvalue weighted by Crippen LogP contribution is 2.24. The summed E-state index contributed by atoms with van der Waals surface area (Å²) in [5, 5.41) is 3.53. The van der Waals surface area contributed by atoms with Crippen LogP contribution in [0, 0.1) is 0 Å². The molecule has 0 saturated carbocycles. The number of aromatic nitrogens is 2. The molecule has 2 aromatic rings. The van der Waals surface area contributed by atoms with E-state index in [1.807, 2.05) is 6.20 Å². The fourth-order valence-corrected chi connectivity index (χ4v) is 3.22. The molecule has 6 heteroatoms. The summed E-state index contributed by atoms with van der Waals surface area (Å²) >= 11 is 0. The van der Waals surface area contributed by atoms with E-state index in [0.717, 1.165) is 30.9 Å². The molecular weight excluding hydrogens is 315 g/mol. The van der Waals surface area contributed by atoms with Crippen molar-refractivity contribution >= 4 is 0 Å². The molecule has 3 nitrogen and oxygen atoms in total. The lowest BCUT2D eigenvalue weighted by molar-refractivity contribution is -0.127. The second-order valence-corrected chi connectivity index (χ2v) is 6.37. The van der Waals surface area contributed by atoms with Crippen molar-refractivity contribution < 1.29 is 13.2 Å².